The van der Waals surface area contributed by atoms with Gasteiger partial charge in [0.1, 0.15) is 5.52 Å². The van der Waals surface area contributed by atoms with Crippen molar-refractivity contribution in [3.8, 4) is 11.7 Å². The number of fused-ring (bicyclic) bond motifs is 1. The molecule has 0 bridgehead atoms. The van der Waals surface area contributed by atoms with Gasteiger partial charge in [-0.25, -0.2) is 0 Å². The molecule has 0 amide bonds. The van der Waals surface area contributed by atoms with Gasteiger partial charge in [-0.15, -0.1) is 5.10 Å². The van der Waals surface area contributed by atoms with Crippen LogP contribution in [0.3, 0.4) is 0 Å². The fourth-order valence-corrected chi connectivity index (χ4v) is 1.76. The summed E-state index contributed by atoms with van der Waals surface area (Å²) in [6.07, 6.45) is 0. The molecule has 0 aliphatic carbocycles. The highest BCUT2D eigenvalue weighted by molar-refractivity contribution is 5.75. The van der Waals surface area contributed by atoms with Crippen molar-refractivity contribution in [3.05, 3.63) is 36.4 Å². The van der Waals surface area contributed by atoms with Gasteiger partial charge >= 0.3 is 0 Å². The van der Waals surface area contributed by atoms with E-state index in [2.05, 4.69) is 15.3 Å². The zero-order valence-corrected chi connectivity index (χ0v) is 9.74. The number of benzene rings is 1. The van der Waals surface area contributed by atoms with Gasteiger partial charge in [-0.05, 0) is 24.3 Å². The largest absolute Gasteiger partial charge is 0.479 e. The summed E-state index contributed by atoms with van der Waals surface area (Å²) < 4.78 is 6.75. The number of nitrogens with two attached hydrogens (primary N) is 1. The van der Waals surface area contributed by atoms with Gasteiger partial charge in [0.05, 0.1) is 18.3 Å². The summed E-state index contributed by atoms with van der Waals surface area (Å²) in [5.74, 6) is 1.00. The number of hydrogen-bond acceptors (Lipinski definition) is 5. The normalized spacial score (nSPS) is 10.7. The van der Waals surface area contributed by atoms with Crippen LogP contribution in [-0.4, -0.2) is 27.1 Å². The molecule has 3 aromatic rings. The molecule has 6 heteroatoms. The molecule has 18 heavy (non-hydrogen) atoms. The van der Waals surface area contributed by atoms with Gasteiger partial charge in [0.2, 0.25) is 5.88 Å². The van der Waals surface area contributed by atoms with E-state index >= 15 is 0 Å². The Kier molecular flexibility index (Phi) is 2.33. The fraction of sp³-hybridized carbons (Fsp3) is 0.0833. The van der Waals surface area contributed by atoms with Crippen molar-refractivity contribution in [2.24, 2.45) is 0 Å². The highest BCUT2D eigenvalue weighted by Gasteiger charge is 2.09. The molecule has 2 aromatic heterocycles. The predicted molar refractivity (Wildman–Crippen MR) is 67.6 cm³/mol. The number of hydrogen-bond donors (Lipinski definition) is 1. The summed E-state index contributed by atoms with van der Waals surface area (Å²) in [6.45, 7) is 0. The second-order valence-electron chi connectivity index (χ2n) is 3.76. The Hall–Kier alpha value is -2.63. The standard InChI is InChI=1S/C12H11N5O/c1-18-12-8(13)6-7-11(14-12)17-10-5-3-2-4-9(10)15-16-17/h2-7H,13H2,1H3. The van der Waals surface area contributed by atoms with E-state index in [4.69, 9.17) is 10.5 Å². The molecule has 0 saturated carbocycles. The minimum Gasteiger partial charge on any atom is -0.479 e. The number of aromatic nitrogens is 4. The maximum Gasteiger partial charge on any atom is 0.238 e. The van der Waals surface area contributed by atoms with E-state index in [9.17, 15) is 0 Å². The minimum absolute atomic E-state index is 0.382. The van der Waals surface area contributed by atoms with Gasteiger partial charge < -0.3 is 10.5 Å². The van der Waals surface area contributed by atoms with E-state index in [-0.39, 0.29) is 0 Å². The highest BCUT2D eigenvalue weighted by Crippen LogP contribution is 2.21. The van der Waals surface area contributed by atoms with E-state index < -0.39 is 0 Å². The summed E-state index contributed by atoms with van der Waals surface area (Å²) in [5.41, 5.74) is 7.93. The van der Waals surface area contributed by atoms with Crippen LogP contribution in [0.2, 0.25) is 0 Å². The predicted octanol–water partition coefficient (Wildman–Crippen LogP) is 1.41. The van der Waals surface area contributed by atoms with Crippen LogP contribution in [0.1, 0.15) is 0 Å². The Labute approximate surface area is 103 Å². The van der Waals surface area contributed by atoms with Crippen LogP contribution in [0, 0.1) is 0 Å². The molecule has 1 aromatic carbocycles. The van der Waals surface area contributed by atoms with Crippen molar-refractivity contribution in [1.82, 2.24) is 20.0 Å². The Morgan fingerprint density at radius 2 is 2.00 bits per heavy atom. The number of anilines is 1. The molecule has 0 aliphatic rings. The van der Waals surface area contributed by atoms with Crippen molar-refractivity contribution in [2.75, 3.05) is 12.8 Å². The molecule has 0 saturated heterocycles. The summed E-state index contributed by atoms with van der Waals surface area (Å²) in [5, 5.41) is 8.15. The summed E-state index contributed by atoms with van der Waals surface area (Å²) in [4.78, 5) is 4.30. The zero-order valence-electron chi connectivity index (χ0n) is 9.74. The number of para-hydroxylation sites is 1. The van der Waals surface area contributed by atoms with Crippen molar-refractivity contribution in [2.45, 2.75) is 0 Å². The first-order valence-electron chi connectivity index (χ1n) is 5.41. The van der Waals surface area contributed by atoms with E-state index in [0.29, 0.717) is 17.4 Å². The van der Waals surface area contributed by atoms with Crippen LogP contribution in [0.4, 0.5) is 5.69 Å². The molecule has 0 radical (unpaired) electrons. The van der Waals surface area contributed by atoms with Crippen LogP contribution in [0.5, 0.6) is 5.88 Å². The first kappa shape index (κ1) is 10.5. The zero-order chi connectivity index (χ0) is 12.5. The molecular weight excluding hydrogens is 230 g/mol. The van der Waals surface area contributed by atoms with Crippen molar-refractivity contribution in [3.63, 3.8) is 0 Å². The van der Waals surface area contributed by atoms with Crippen molar-refractivity contribution < 1.29 is 4.74 Å². The van der Waals surface area contributed by atoms with Crippen LogP contribution in [0.25, 0.3) is 16.9 Å². The lowest BCUT2D eigenvalue weighted by molar-refractivity contribution is 0.399. The third kappa shape index (κ3) is 1.55. The number of pyridine rings is 1. The van der Waals surface area contributed by atoms with Crippen molar-refractivity contribution >= 4 is 16.7 Å². The molecule has 0 aliphatic heterocycles. The molecule has 0 spiro atoms. The molecule has 6 nitrogen and oxygen atoms in total. The molecule has 2 heterocycles. The average molecular weight is 241 g/mol. The molecule has 0 fully saturated rings. The first-order chi connectivity index (χ1) is 8.79. The van der Waals surface area contributed by atoms with E-state index in [1.165, 1.54) is 7.11 Å². The third-order valence-corrected chi connectivity index (χ3v) is 2.64. The topological polar surface area (TPSA) is 78.8 Å². The summed E-state index contributed by atoms with van der Waals surface area (Å²) in [7, 11) is 1.53. The summed E-state index contributed by atoms with van der Waals surface area (Å²) in [6, 6.07) is 11.2. The summed E-state index contributed by atoms with van der Waals surface area (Å²) >= 11 is 0. The van der Waals surface area contributed by atoms with E-state index in [0.717, 1.165) is 11.0 Å². The van der Waals surface area contributed by atoms with Crippen LogP contribution in [0.15, 0.2) is 36.4 Å². The number of methoxy groups -OCH3 is 1. The van der Waals surface area contributed by atoms with Gasteiger partial charge in [0.15, 0.2) is 5.82 Å². The quantitative estimate of drug-likeness (QED) is 0.733. The highest BCUT2D eigenvalue weighted by atomic mass is 16.5. The maximum absolute atomic E-state index is 5.73. The Bertz CT molecular complexity index is 707. The number of rotatable bonds is 2. The van der Waals surface area contributed by atoms with Crippen molar-refractivity contribution in [1.29, 1.82) is 0 Å². The number of ether oxygens (including phenoxy) is 1. The van der Waals surface area contributed by atoms with Crippen LogP contribution < -0.4 is 10.5 Å². The molecule has 3 rings (SSSR count). The van der Waals surface area contributed by atoms with E-state index in [1.54, 1.807) is 16.8 Å². The first-order valence-corrected chi connectivity index (χ1v) is 5.41. The third-order valence-electron chi connectivity index (χ3n) is 2.64. The smallest absolute Gasteiger partial charge is 0.238 e. The average Bonchev–Trinajstić information content (AvgIpc) is 2.83. The molecule has 0 unspecified atom stereocenters. The monoisotopic (exact) mass is 241 g/mol. The Morgan fingerprint density at radius 1 is 1.17 bits per heavy atom. The van der Waals surface area contributed by atoms with Crippen LogP contribution >= 0.6 is 0 Å². The Morgan fingerprint density at radius 3 is 2.83 bits per heavy atom. The van der Waals surface area contributed by atoms with E-state index in [1.807, 2.05) is 24.3 Å². The minimum atomic E-state index is 0.382. The number of nitrogen functional groups attached to an aromatic ring is 1. The lowest BCUT2D eigenvalue weighted by atomic mass is 10.3. The SMILES string of the molecule is COc1nc(-n2nnc3ccccc32)ccc1N. The van der Waals surface area contributed by atoms with Gasteiger partial charge in [0, 0.05) is 0 Å². The van der Waals surface area contributed by atoms with Gasteiger partial charge in [-0.1, -0.05) is 17.3 Å². The lowest BCUT2D eigenvalue weighted by Crippen LogP contribution is -2.03. The van der Waals surface area contributed by atoms with Gasteiger partial charge in [0.25, 0.3) is 0 Å². The molecule has 2 N–H and O–H groups in total. The van der Waals surface area contributed by atoms with Crippen LogP contribution in [-0.2, 0) is 0 Å². The molecular formula is C12H11N5O. The lowest BCUT2D eigenvalue weighted by Gasteiger charge is -2.06. The molecule has 90 valence electrons. The maximum atomic E-state index is 5.73. The Balaban J connectivity index is 2.20. The fourth-order valence-electron chi connectivity index (χ4n) is 1.76. The van der Waals surface area contributed by atoms with Gasteiger partial charge in [-0.3, -0.25) is 0 Å². The number of nitrogens with zero attached hydrogens (tertiary/aromatic N) is 4. The second-order valence-corrected chi connectivity index (χ2v) is 3.76. The van der Waals surface area contributed by atoms with Gasteiger partial charge in [-0.2, -0.15) is 9.67 Å². The molecule has 0 atom stereocenters. The second kappa shape index (κ2) is 3.99.